The molecule has 0 N–H and O–H groups in total. The summed E-state index contributed by atoms with van der Waals surface area (Å²) < 4.78 is 0. The van der Waals surface area contributed by atoms with Gasteiger partial charge in [-0.15, -0.1) is 0 Å². The van der Waals surface area contributed by atoms with E-state index in [9.17, 15) is 4.79 Å². The monoisotopic (exact) mass is 184 g/mol. The van der Waals surface area contributed by atoms with Crippen molar-refractivity contribution in [3.8, 4) is 0 Å². The number of hydrogen-bond acceptors (Lipinski definition) is 2. The summed E-state index contributed by atoms with van der Waals surface area (Å²) in [5.74, 6) is 0.00449. The highest BCUT2D eigenvalue weighted by atomic mass is 16.2. The Bertz CT molecular complexity index is 166. The minimum atomic E-state index is 0.00449. The number of carbonyl (C=O) groups is 1. The third kappa shape index (κ3) is 6.34. The first-order valence-corrected chi connectivity index (χ1v) is 4.60. The van der Waals surface area contributed by atoms with Crippen LogP contribution in [-0.4, -0.2) is 49.9 Å². The zero-order valence-corrected chi connectivity index (χ0v) is 8.92. The molecule has 0 heterocycles. The van der Waals surface area contributed by atoms with Gasteiger partial charge in [0.25, 0.3) is 0 Å². The lowest BCUT2D eigenvalue weighted by atomic mass is 10.3. The third-order valence-corrected chi connectivity index (χ3v) is 1.90. The van der Waals surface area contributed by atoms with E-state index < -0.39 is 0 Å². The molecular weight excluding hydrogens is 164 g/mol. The van der Waals surface area contributed by atoms with Crippen LogP contribution in [0.3, 0.4) is 0 Å². The van der Waals surface area contributed by atoms with Crippen LogP contribution in [0, 0.1) is 0 Å². The molecular formula is C10H20N2O. The Morgan fingerprint density at radius 3 is 2.23 bits per heavy atom. The van der Waals surface area contributed by atoms with Gasteiger partial charge in [0.05, 0.1) is 0 Å². The second-order valence-electron chi connectivity index (χ2n) is 3.47. The molecule has 0 aliphatic rings. The summed E-state index contributed by atoms with van der Waals surface area (Å²) >= 11 is 0. The van der Waals surface area contributed by atoms with E-state index in [0.29, 0.717) is 0 Å². The lowest BCUT2D eigenvalue weighted by molar-refractivity contribution is -0.124. The van der Waals surface area contributed by atoms with Crippen LogP contribution < -0.4 is 0 Å². The molecule has 0 atom stereocenters. The maximum Gasteiger partial charge on any atom is 0.245 e. The number of unbranched alkanes of at least 4 members (excludes halogenated alkanes) is 1. The van der Waals surface area contributed by atoms with Crippen molar-refractivity contribution in [3.05, 3.63) is 12.7 Å². The molecule has 3 heteroatoms. The van der Waals surface area contributed by atoms with Gasteiger partial charge in [0.15, 0.2) is 0 Å². The van der Waals surface area contributed by atoms with Crippen molar-refractivity contribution in [2.45, 2.75) is 12.8 Å². The van der Waals surface area contributed by atoms with Crippen LogP contribution in [0.15, 0.2) is 12.7 Å². The second kappa shape index (κ2) is 6.66. The van der Waals surface area contributed by atoms with E-state index in [1.807, 2.05) is 0 Å². The summed E-state index contributed by atoms with van der Waals surface area (Å²) in [5.41, 5.74) is 0. The fraction of sp³-hybridized carbons (Fsp3) is 0.700. The van der Waals surface area contributed by atoms with Crippen LogP contribution in [-0.2, 0) is 4.79 Å². The molecule has 13 heavy (non-hydrogen) atoms. The molecule has 0 unspecified atom stereocenters. The Hall–Kier alpha value is -0.830. The average Bonchev–Trinajstić information content (AvgIpc) is 2.10. The van der Waals surface area contributed by atoms with Crippen LogP contribution in [0.4, 0.5) is 0 Å². The summed E-state index contributed by atoms with van der Waals surface area (Å²) in [7, 11) is 5.91. The smallest absolute Gasteiger partial charge is 0.245 e. The first-order valence-electron chi connectivity index (χ1n) is 4.60. The fourth-order valence-corrected chi connectivity index (χ4v) is 1.04. The molecule has 0 radical (unpaired) electrons. The van der Waals surface area contributed by atoms with Gasteiger partial charge in [0, 0.05) is 13.6 Å². The fourth-order valence-electron chi connectivity index (χ4n) is 1.04. The summed E-state index contributed by atoms with van der Waals surface area (Å²) in [4.78, 5) is 14.9. The van der Waals surface area contributed by atoms with Gasteiger partial charge in [-0.2, -0.15) is 0 Å². The molecule has 0 fully saturated rings. The Labute approximate surface area is 81.0 Å². The molecule has 76 valence electrons. The van der Waals surface area contributed by atoms with Gasteiger partial charge < -0.3 is 9.80 Å². The number of hydrogen-bond donors (Lipinski definition) is 0. The van der Waals surface area contributed by atoms with E-state index in [2.05, 4.69) is 25.6 Å². The van der Waals surface area contributed by atoms with Crippen molar-refractivity contribution in [3.63, 3.8) is 0 Å². The molecule has 0 saturated heterocycles. The van der Waals surface area contributed by atoms with Gasteiger partial charge in [-0.25, -0.2) is 0 Å². The van der Waals surface area contributed by atoms with Gasteiger partial charge in [0.1, 0.15) is 0 Å². The van der Waals surface area contributed by atoms with E-state index in [-0.39, 0.29) is 5.91 Å². The Balaban J connectivity index is 3.42. The minimum absolute atomic E-state index is 0.00449. The van der Waals surface area contributed by atoms with E-state index >= 15 is 0 Å². The molecule has 0 aromatic heterocycles. The zero-order chi connectivity index (χ0) is 10.3. The molecule has 1 amide bonds. The molecule has 0 aliphatic carbocycles. The predicted octanol–water partition coefficient (Wildman–Crippen LogP) is 0.973. The number of amides is 1. The maximum atomic E-state index is 11.0. The molecule has 0 saturated carbocycles. The topological polar surface area (TPSA) is 23.6 Å². The molecule has 3 nitrogen and oxygen atoms in total. The van der Waals surface area contributed by atoms with Crippen LogP contribution in [0.2, 0.25) is 0 Å². The Morgan fingerprint density at radius 1 is 1.23 bits per heavy atom. The minimum Gasteiger partial charge on any atom is -0.342 e. The van der Waals surface area contributed by atoms with Crippen molar-refractivity contribution >= 4 is 5.91 Å². The lowest BCUT2D eigenvalue weighted by Crippen LogP contribution is -2.26. The van der Waals surface area contributed by atoms with Gasteiger partial charge >= 0.3 is 0 Å². The molecule has 0 spiro atoms. The quantitative estimate of drug-likeness (QED) is 0.453. The summed E-state index contributed by atoms with van der Waals surface area (Å²) in [6.07, 6.45) is 3.53. The molecule has 0 bridgehead atoms. The second-order valence-corrected chi connectivity index (χ2v) is 3.47. The average molecular weight is 184 g/mol. The van der Waals surface area contributed by atoms with Crippen LogP contribution in [0.5, 0.6) is 0 Å². The standard InChI is InChI=1S/C10H20N2O/c1-5-10(13)12(4)9-7-6-8-11(2)3/h5H,1,6-9H2,2-4H3. The van der Waals surface area contributed by atoms with E-state index in [4.69, 9.17) is 0 Å². The molecule has 0 aromatic rings. The van der Waals surface area contributed by atoms with Gasteiger partial charge in [0.2, 0.25) is 5.91 Å². The summed E-state index contributed by atoms with van der Waals surface area (Å²) in [6, 6.07) is 0. The van der Waals surface area contributed by atoms with E-state index in [1.54, 1.807) is 11.9 Å². The normalized spacial score (nSPS) is 10.2. The SMILES string of the molecule is C=CC(=O)N(C)CCCCN(C)C. The molecule has 0 aromatic carbocycles. The predicted molar refractivity (Wildman–Crippen MR) is 55.6 cm³/mol. The zero-order valence-electron chi connectivity index (χ0n) is 8.92. The van der Waals surface area contributed by atoms with Crippen LogP contribution in [0.1, 0.15) is 12.8 Å². The van der Waals surface area contributed by atoms with Crippen molar-refractivity contribution in [1.29, 1.82) is 0 Å². The van der Waals surface area contributed by atoms with Crippen molar-refractivity contribution in [2.75, 3.05) is 34.2 Å². The summed E-state index contributed by atoms with van der Waals surface area (Å²) in [6.45, 7) is 5.34. The van der Waals surface area contributed by atoms with Crippen LogP contribution >= 0.6 is 0 Å². The highest BCUT2D eigenvalue weighted by Crippen LogP contribution is 1.94. The van der Waals surface area contributed by atoms with Crippen molar-refractivity contribution in [2.24, 2.45) is 0 Å². The van der Waals surface area contributed by atoms with Crippen molar-refractivity contribution < 1.29 is 4.79 Å². The highest BCUT2D eigenvalue weighted by molar-refractivity contribution is 5.86. The molecule has 0 rings (SSSR count). The number of likely N-dealkylation sites (N-methyl/N-ethyl adjacent to an activating group) is 1. The number of nitrogens with zero attached hydrogens (tertiary/aromatic N) is 2. The largest absolute Gasteiger partial charge is 0.342 e. The number of rotatable bonds is 6. The van der Waals surface area contributed by atoms with Gasteiger partial charge in [-0.1, -0.05) is 6.58 Å². The van der Waals surface area contributed by atoms with E-state index in [1.165, 1.54) is 6.08 Å². The Morgan fingerprint density at radius 2 is 1.77 bits per heavy atom. The maximum absolute atomic E-state index is 11.0. The lowest BCUT2D eigenvalue weighted by Gasteiger charge is -2.15. The number of carbonyl (C=O) groups excluding carboxylic acids is 1. The van der Waals surface area contributed by atoms with Crippen molar-refractivity contribution in [1.82, 2.24) is 9.80 Å². The van der Waals surface area contributed by atoms with Crippen LogP contribution in [0.25, 0.3) is 0 Å². The first kappa shape index (κ1) is 12.2. The highest BCUT2D eigenvalue weighted by Gasteiger charge is 2.02. The molecule has 0 aliphatic heterocycles. The van der Waals surface area contributed by atoms with Gasteiger partial charge in [-0.05, 0) is 39.6 Å². The Kier molecular flexibility index (Phi) is 6.24. The van der Waals surface area contributed by atoms with Gasteiger partial charge in [-0.3, -0.25) is 4.79 Å². The summed E-state index contributed by atoms with van der Waals surface area (Å²) in [5, 5.41) is 0. The first-order chi connectivity index (χ1) is 6.07. The van der Waals surface area contributed by atoms with E-state index in [0.717, 1.165) is 25.9 Å². The third-order valence-electron chi connectivity index (χ3n) is 1.90.